The van der Waals surface area contributed by atoms with Crippen molar-refractivity contribution in [3.63, 3.8) is 0 Å². The summed E-state index contributed by atoms with van der Waals surface area (Å²) in [5.41, 5.74) is 0. The number of nitrogens with one attached hydrogen (secondary N) is 1. The predicted octanol–water partition coefficient (Wildman–Crippen LogP) is 1.27. The van der Waals surface area contributed by atoms with Gasteiger partial charge in [-0.25, -0.2) is 0 Å². The highest BCUT2D eigenvalue weighted by Gasteiger charge is 2.27. The summed E-state index contributed by atoms with van der Waals surface area (Å²) in [5.74, 6) is 2.11. The highest BCUT2D eigenvalue weighted by atomic mass is 32.2. The highest BCUT2D eigenvalue weighted by Crippen LogP contribution is 2.17. The highest BCUT2D eigenvalue weighted by molar-refractivity contribution is 8.00. The fourth-order valence-corrected chi connectivity index (χ4v) is 1.58. The lowest BCUT2D eigenvalue weighted by atomic mass is 10.4. The molecule has 0 aliphatic carbocycles. The molecule has 0 atom stereocenters. The first kappa shape index (κ1) is 11.1. The zero-order valence-electron chi connectivity index (χ0n) is 7.06. The van der Waals surface area contributed by atoms with E-state index in [0.29, 0.717) is 12.6 Å². The van der Waals surface area contributed by atoms with Gasteiger partial charge >= 0.3 is 6.18 Å². The Morgan fingerprint density at radius 3 is 2.54 bits per heavy atom. The summed E-state index contributed by atoms with van der Waals surface area (Å²) in [6, 6.07) is 0.472. The molecule has 1 fully saturated rings. The van der Waals surface area contributed by atoms with Gasteiger partial charge < -0.3 is 10.1 Å². The first-order valence-corrected chi connectivity index (χ1v) is 5.19. The average molecular weight is 215 g/mol. The van der Waals surface area contributed by atoms with Crippen molar-refractivity contribution in [2.45, 2.75) is 12.2 Å². The van der Waals surface area contributed by atoms with Gasteiger partial charge in [-0.2, -0.15) is 24.9 Å². The van der Waals surface area contributed by atoms with Gasteiger partial charge in [0.25, 0.3) is 0 Å². The second kappa shape index (κ2) is 5.07. The molecule has 0 amide bonds. The molecular formula is C7H12F3NOS. The minimum Gasteiger partial charge on any atom is -0.371 e. The van der Waals surface area contributed by atoms with Crippen LogP contribution in [0.4, 0.5) is 13.2 Å². The Bertz CT molecular complexity index is 149. The van der Waals surface area contributed by atoms with Crippen LogP contribution < -0.4 is 5.32 Å². The Morgan fingerprint density at radius 1 is 1.38 bits per heavy atom. The van der Waals surface area contributed by atoms with Crippen LogP contribution in [0.5, 0.6) is 0 Å². The SMILES string of the molecule is FC(F)(F)COCCNC1CSC1. The zero-order chi connectivity index (χ0) is 9.73. The van der Waals surface area contributed by atoms with Gasteiger partial charge in [-0.05, 0) is 0 Å². The third kappa shape index (κ3) is 5.38. The van der Waals surface area contributed by atoms with E-state index in [1.807, 2.05) is 11.8 Å². The van der Waals surface area contributed by atoms with E-state index in [4.69, 9.17) is 0 Å². The third-order valence-electron chi connectivity index (χ3n) is 1.58. The average Bonchev–Trinajstić information content (AvgIpc) is 1.90. The molecule has 0 aromatic rings. The second-order valence-electron chi connectivity index (χ2n) is 2.86. The second-order valence-corrected chi connectivity index (χ2v) is 3.93. The number of halogens is 3. The van der Waals surface area contributed by atoms with Gasteiger partial charge in [0.1, 0.15) is 6.61 Å². The van der Waals surface area contributed by atoms with E-state index in [0.717, 1.165) is 11.5 Å². The molecule has 0 aromatic carbocycles. The van der Waals surface area contributed by atoms with Crippen molar-refractivity contribution in [3.8, 4) is 0 Å². The number of hydrogen-bond acceptors (Lipinski definition) is 3. The van der Waals surface area contributed by atoms with Gasteiger partial charge in [0.15, 0.2) is 0 Å². The summed E-state index contributed by atoms with van der Waals surface area (Å²) in [6.45, 7) is -0.518. The van der Waals surface area contributed by atoms with Crippen LogP contribution in [0, 0.1) is 0 Å². The predicted molar refractivity (Wildman–Crippen MR) is 46.0 cm³/mol. The quantitative estimate of drug-likeness (QED) is 0.698. The normalized spacial score (nSPS) is 18.7. The Hall–Kier alpha value is 0.0600. The maximum absolute atomic E-state index is 11.6. The monoisotopic (exact) mass is 215 g/mol. The topological polar surface area (TPSA) is 21.3 Å². The van der Waals surface area contributed by atoms with E-state index in [2.05, 4.69) is 10.1 Å². The van der Waals surface area contributed by atoms with E-state index >= 15 is 0 Å². The van der Waals surface area contributed by atoms with Crippen LogP contribution in [0.25, 0.3) is 0 Å². The summed E-state index contributed by atoms with van der Waals surface area (Å²) in [5, 5.41) is 3.09. The zero-order valence-corrected chi connectivity index (χ0v) is 7.88. The lowest BCUT2D eigenvalue weighted by Crippen LogP contribution is -2.42. The summed E-state index contributed by atoms with van der Waals surface area (Å²) in [4.78, 5) is 0. The van der Waals surface area contributed by atoms with E-state index in [-0.39, 0.29) is 6.61 Å². The summed E-state index contributed by atoms with van der Waals surface area (Å²) in [7, 11) is 0. The van der Waals surface area contributed by atoms with Crippen LogP contribution in [0.3, 0.4) is 0 Å². The fraction of sp³-hybridized carbons (Fsp3) is 1.00. The summed E-state index contributed by atoms with van der Waals surface area (Å²) in [6.07, 6.45) is -4.20. The summed E-state index contributed by atoms with van der Waals surface area (Å²) < 4.78 is 39.1. The van der Waals surface area contributed by atoms with Crippen molar-refractivity contribution in [2.75, 3.05) is 31.3 Å². The van der Waals surface area contributed by atoms with E-state index in [1.165, 1.54) is 0 Å². The van der Waals surface area contributed by atoms with Crippen molar-refractivity contribution in [3.05, 3.63) is 0 Å². The molecule has 0 bridgehead atoms. The van der Waals surface area contributed by atoms with Gasteiger partial charge in [-0.3, -0.25) is 0 Å². The first-order valence-electron chi connectivity index (χ1n) is 4.03. The molecule has 0 radical (unpaired) electrons. The number of ether oxygens (including phenoxy) is 1. The lowest BCUT2D eigenvalue weighted by Gasteiger charge is -2.25. The van der Waals surface area contributed by atoms with Gasteiger partial charge in [-0.1, -0.05) is 0 Å². The lowest BCUT2D eigenvalue weighted by molar-refractivity contribution is -0.173. The maximum atomic E-state index is 11.6. The van der Waals surface area contributed by atoms with Crippen molar-refractivity contribution >= 4 is 11.8 Å². The summed E-state index contributed by atoms with van der Waals surface area (Å²) >= 11 is 1.83. The van der Waals surface area contributed by atoms with Gasteiger partial charge in [0, 0.05) is 24.1 Å². The molecule has 0 unspecified atom stereocenters. The van der Waals surface area contributed by atoms with Gasteiger partial charge in [-0.15, -0.1) is 0 Å². The number of rotatable bonds is 5. The largest absolute Gasteiger partial charge is 0.411 e. The molecule has 0 spiro atoms. The van der Waals surface area contributed by atoms with Crippen LogP contribution in [0.15, 0.2) is 0 Å². The van der Waals surface area contributed by atoms with Crippen LogP contribution in [0.1, 0.15) is 0 Å². The first-order chi connectivity index (χ1) is 6.08. The molecule has 1 N–H and O–H groups in total. The molecular weight excluding hydrogens is 203 g/mol. The van der Waals surface area contributed by atoms with Crippen LogP contribution in [0.2, 0.25) is 0 Å². The van der Waals surface area contributed by atoms with Crippen molar-refractivity contribution in [1.29, 1.82) is 0 Å². The Kier molecular flexibility index (Phi) is 4.34. The molecule has 0 aromatic heterocycles. The van der Waals surface area contributed by atoms with Gasteiger partial charge in [0.2, 0.25) is 0 Å². The number of thioether (sulfide) groups is 1. The Labute approximate surface area is 79.2 Å². The standard InChI is InChI=1S/C7H12F3NOS/c8-7(9,10)5-12-2-1-11-6-3-13-4-6/h6,11H,1-5H2. The van der Waals surface area contributed by atoms with Crippen molar-refractivity contribution < 1.29 is 17.9 Å². The third-order valence-corrected chi connectivity index (χ3v) is 2.86. The smallest absolute Gasteiger partial charge is 0.371 e. The molecule has 2 nitrogen and oxygen atoms in total. The van der Waals surface area contributed by atoms with Crippen molar-refractivity contribution in [2.24, 2.45) is 0 Å². The molecule has 78 valence electrons. The number of hydrogen-bond donors (Lipinski definition) is 1. The molecule has 1 heterocycles. The van der Waals surface area contributed by atoms with Crippen LogP contribution in [-0.4, -0.2) is 43.5 Å². The molecule has 13 heavy (non-hydrogen) atoms. The Morgan fingerprint density at radius 2 is 2.08 bits per heavy atom. The molecule has 6 heteroatoms. The van der Waals surface area contributed by atoms with Crippen LogP contribution in [-0.2, 0) is 4.74 Å². The molecule has 1 aliphatic rings. The maximum Gasteiger partial charge on any atom is 0.411 e. The minimum atomic E-state index is -4.20. The van der Waals surface area contributed by atoms with E-state index < -0.39 is 12.8 Å². The molecule has 1 rings (SSSR count). The van der Waals surface area contributed by atoms with Crippen LogP contribution >= 0.6 is 11.8 Å². The fourth-order valence-electron chi connectivity index (χ4n) is 0.877. The number of alkyl halides is 3. The van der Waals surface area contributed by atoms with E-state index in [1.54, 1.807) is 0 Å². The molecule has 0 saturated carbocycles. The van der Waals surface area contributed by atoms with Crippen molar-refractivity contribution in [1.82, 2.24) is 5.32 Å². The van der Waals surface area contributed by atoms with E-state index in [9.17, 15) is 13.2 Å². The molecule has 1 aliphatic heterocycles. The minimum absolute atomic E-state index is 0.126. The van der Waals surface area contributed by atoms with Gasteiger partial charge in [0.05, 0.1) is 6.61 Å². The Balaban J connectivity index is 1.83. The molecule has 1 saturated heterocycles.